The fraction of sp³-hybridized carbons (Fsp3) is 0.278. The van der Waals surface area contributed by atoms with Crippen molar-refractivity contribution < 1.29 is 4.79 Å². The SMILES string of the molecule is O=C(c1ccccc1-n1cccn1)N1CCCC(n2ccnc2)C1. The molecule has 0 N–H and O–H groups in total. The highest BCUT2D eigenvalue weighted by Gasteiger charge is 2.26. The van der Waals surface area contributed by atoms with E-state index in [9.17, 15) is 4.79 Å². The first-order chi connectivity index (χ1) is 11.8. The molecule has 0 saturated carbocycles. The Balaban J connectivity index is 1.60. The van der Waals surface area contributed by atoms with Gasteiger partial charge in [0.05, 0.1) is 23.6 Å². The number of hydrogen-bond acceptors (Lipinski definition) is 3. The molecule has 3 heterocycles. The Kier molecular flexibility index (Phi) is 3.86. The lowest BCUT2D eigenvalue weighted by atomic mass is 10.0. The Morgan fingerprint density at radius 2 is 2.04 bits per heavy atom. The summed E-state index contributed by atoms with van der Waals surface area (Å²) in [6.45, 7) is 1.50. The van der Waals surface area contributed by atoms with Gasteiger partial charge in [-0.05, 0) is 31.0 Å². The summed E-state index contributed by atoms with van der Waals surface area (Å²) in [5, 5.41) is 4.26. The highest BCUT2D eigenvalue weighted by molar-refractivity contribution is 5.97. The molecule has 6 heteroatoms. The van der Waals surface area contributed by atoms with Gasteiger partial charge in [0.1, 0.15) is 0 Å². The predicted octanol–water partition coefficient (Wildman–Crippen LogP) is 2.55. The molecule has 1 amide bonds. The number of rotatable bonds is 3. The highest BCUT2D eigenvalue weighted by atomic mass is 16.2. The van der Waals surface area contributed by atoms with Crippen molar-refractivity contribution in [3.05, 3.63) is 67.0 Å². The third-order valence-corrected chi connectivity index (χ3v) is 4.52. The topological polar surface area (TPSA) is 56.0 Å². The van der Waals surface area contributed by atoms with Crippen LogP contribution in [0.5, 0.6) is 0 Å². The summed E-state index contributed by atoms with van der Waals surface area (Å²) in [6.07, 6.45) is 11.2. The minimum absolute atomic E-state index is 0.0610. The van der Waals surface area contributed by atoms with E-state index < -0.39 is 0 Å². The Bertz CT molecular complexity index is 810. The van der Waals surface area contributed by atoms with Crippen molar-refractivity contribution in [3.63, 3.8) is 0 Å². The maximum Gasteiger partial charge on any atom is 0.256 e. The lowest BCUT2D eigenvalue weighted by Gasteiger charge is -2.33. The van der Waals surface area contributed by atoms with Crippen LogP contribution in [0, 0.1) is 0 Å². The third kappa shape index (κ3) is 2.71. The zero-order valence-corrected chi connectivity index (χ0v) is 13.3. The van der Waals surface area contributed by atoms with Gasteiger partial charge in [0, 0.05) is 37.9 Å². The van der Waals surface area contributed by atoms with Crippen LogP contribution in [0.1, 0.15) is 29.2 Å². The molecule has 6 nitrogen and oxygen atoms in total. The van der Waals surface area contributed by atoms with Crippen LogP contribution in [0.2, 0.25) is 0 Å². The number of likely N-dealkylation sites (tertiary alicyclic amines) is 1. The number of nitrogens with zero attached hydrogens (tertiary/aromatic N) is 5. The zero-order valence-electron chi connectivity index (χ0n) is 13.3. The summed E-state index contributed by atoms with van der Waals surface area (Å²) < 4.78 is 3.84. The van der Waals surface area contributed by atoms with Crippen LogP contribution in [-0.2, 0) is 0 Å². The summed E-state index contributed by atoms with van der Waals surface area (Å²) in [6, 6.07) is 9.78. The Hall–Kier alpha value is -2.89. The van der Waals surface area contributed by atoms with Crippen LogP contribution in [0.25, 0.3) is 5.69 Å². The molecule has 1 aliphatic heterocycles. The molecule has 0 spiro atoms. The number of carbonyl (C=O) groups is 1. The number of carbonyl (C=O) groups excluding carboxylic acids is 1. The fourth-order valence-corrected chi connectivity index (χ4v) is 3.30. The summed E-state index contributed by atoms with van der Waals surface area (Å²) in [5.41, 5.74) is 1.50. The van der Waals surface area contributed by atoms with Gasteiger partial charge in [-0.25, -0.2) is 9.67 Å². The van der Waals surface area contributed by atoms with Crippen LogP contribution in [0.15, 0.2) is 61.4 Å². The summed E-state index contributed by atoms with van der Waals surface area (Å²) in [4.78, 5) is 19.2. The number of benzene rings is 1. The maximum absolute atomic E-state index is 13.1. The van der Waals surface area contributed by atoms with Gasteiger partial charge in [-0.2, -0.15) is 5.10 Å². The smallest absolute Gasteiger partial charge is 0.256 e. The Morgan fingerprint density at radius 3 is 2.83 bits per heavy atom. The van der Waals surface area contributed by atoms with Crippen molar-refractivity contribution in [2.75, 3.05) is 13.1 Å². The zero-order chi connectivity index (χ0) is 16.4. The molecule has 24 heavy (non-hydrogen) atoms. The van der Waals surface area contributed by atoms with Crippen molar-refractivity contribution in [1.82, 2.24) is 24.2 Å². The van der Waals surface area contributed by atoms with E-state index in [1.807, 2.05) is 54.0 Å². The van der Waals surface area contributed by atoms with Crippen LogP contribution in [-0.4, -0.2) is 43.2 Å². The van der Waals surface area contributed by atoms with Crippen LogP contribution in [0.4, 0.5) is 0 Å². The first-order valence-electron chi connectivity index (χ1n) is 8.19. The quantitative estimate of drug-likeness (QED) is 0.745. The van der Waals surface area contributed by atoms with Gasteiger partial charge < -0.3 is 9.47 Å². The van der Waals surface area contributed by atoms with Gasteiger partial charge in [-0.3, -0.25) is 4.79 Å². The molecule has 4 rings (SSSR count). The first-order valence-corrected chi connectivity index (χ1v) is 8.19. The average Bonchev–Trinajstić information content (AvgIpc) is 3.35. The van der Waals surface area contributed by atoms with Crippen LogP contribution in [0.3, 0.4) is 0 Å². The van der Waals surface area contributed by atoms with E-state index in [0.717, 1.165) is 25.1 Å². The number of aromatic nitrogens is 4. The van der Waals surface area contributed by atoms with Crippen LogP contribution >= 0.6 is 0 Å². The summed E-state index contributed by atoms with van der Waals surface area (Å²) in [5.74, 6) is 0.0610. The Morgan fingerprint density at radius 1 is 1.12 bits per heavy atom. The van der Waals surface area contributed by atoms with Gasteiger partial charge in [0.2, 0.25) is 0 Å². The van der Waals surface area contributed by atoms with Crippen molar-refractivity contribution in [3.8, 4) is 5.69 Å². The van der Waals surface area contributed by atoms with Gasteiger partial charge in [-0.15, -0.1) is 0 Å². The molecule has 0 aliphatic carbocycles. The second kappa shape index (κ2) is 6.31. The minimum Gasteiger partial charge on any atom is -0.337 e. The van der Waals surface area contributed by atoms with E-state index in [-0.39, 0.29) is 5.91 Å². The van der Waals surface area contributed by atoms with Gasteiger partial charge in [-0.1, -0.05) is 12.1 Å². The average molecular weight is 321 g/mol. The molecule has 1 aromatic carbocycles. The minimum atomic E-state index is 0.0610. The largest absolute Gasteiger partial charge is 0.337 e. The maximum atomic E-state index is 13.1. The number of hydrogen-bond donors (Lipinski definition) is 0. The standard InChI is InChI=1S/C18H19N5O/c24-18(16-6-1-2-7-17(16)23-11-4-8-20-23)21-10-3-5-15(13-21)22-12-9-19-14-22/h1-2,4,6-9,11-12,14-15H,3,5,10,13H2. The number of piperidine rings is 1. The lowest BCUT2D eigenvalue weighted by molar-refractivity contribution is 0.0679. The fourth-order valence-electron chi connectivity index (χ4n) is 3.30. The number of imidazole rings is 1. The van der Waals surface area contributed by atoms with Crippen molar-refractivity contribution in [2.45, 2.75) is 18.9 Å². The van der Waals surface area contributed by atoms with E-state index in [2.05, 4.69) is 14.6 Å². The van der Waals surface area contributed by atoms with E-state index in [0.29, 0.717) is 18.2 Å². The first kappa shape index (κ1) is 14.7. The molecule has 3 aromatic rings. The lowest BCUT2D eigenvalue weighted by Crippen LogP contribution is -2.40. The molecule has 1 saturated heterocycles. The number of para-hydroxylation sites is 1. The molecule has 1 fully saturated rings. The van der Waals surface area contributed by atoms with Gasteiger partial charge >= 0.3 is 0 Å². The van der Waals surface area contributed by atoms with E-state index in [1.54, 1.807) is 17.1 Å². The second-order valence-corrected chi connectivity index (χ2v) is 6.02. The Labute approximate surface area is 140 Å². The monoisotopic (exact) mass is 321 g/mol. The molecule has 0 bridgehead atoms. The molecule has 122 valence electrons. The molecule has 2 aromatic heterocycles. The van der Waals surface area contributed by atoms with Crippen LogP contribution < -0.4 is 0 Å². The van der Waals surface area contributed by atoms with Gasteiger partial charge in [0.15, 0.2) is 0 Å². The van der Waals surface area contributed by atoms with Gasteiger partial charge in [0.25, 0.3) is 5.91 Å². The summed E-state index contributed by atoms with van der Waals surface area (Å²) >= 11 is 0. The molecular weight excluding hydrogens is 302 g/mol. The molecule has 1 atom stereocenters. The van der Waals surface area contributed by atoms with E-state index >= 15 is 0 Å². The number of amides is 1. The van der Waals surface area contributed by atoms with E-state index in [1.165, 1.54) is 0 Å². The second-order valence-electron chi connectivity index (χ2n) is 6.02. The van der Waals surface area contributed by atoms with E-state index in [4.69, 9.17) is 0 Å². The molecule has 0 radical (unpaired) electrons. The molecule has 1 aliphatic rings. The predicted molar refractivity (Wildman–Crippen MR) is 90.0 cm³/mol. The van der Waals surface area contributed by atoms with Crippen molar-refractivity contribution in [2.24, 2.45) is 0 Å². The third-order valence-electron chi connectivity index (χ3n) is 4.52. The normalized spacial score (nSPS) is 17.8. The highest BCUT2D eigenvalue weighted by Crippen LogP contribution is 2.24. The molecule has 1 unspecified atom stereocenters. The summed E-state index contributed by atoms with van der Waals surface area (Å²) in [7, 11) is 0. The van der Waals surface area contributed by atoms with Crippen molar-refractivity contribution >= 4 is 5.91 Å². The molecular formula is C18H19N5O. The van der Waals surface area contributed by atoms with Crippen molar-refractivity contribution in [1.29, 1.82) is 0 Å².